The summed E-state index contributed by atoms with van der Waals surface area (Å²) < 4.78 is 36.2. The van der Waals surface area contributed by atoms with Crippen molar-refractivity contribution < 1.29 is 17.6 Å². The lowest BCUT2D eigenvalue weighted by Crippen LogP contribution is -2.28. The number of nitrogens with zero attached hydrogens (tertiary/aromatic N) is 2. The molecule has 1 heterocycles. The fraction of sp³-hybridized carbons (Fsp3) is 0.304. The van der Waals surface area contributed by atoms with Crippen molar-refractivity contribution in [1.82, 2.24) is 15.1 Å². The van der Waals surface area contributed by atoms with Gasteiger partial charge < -0.3 is 4.90 Å². The van der Waals surface area contributed by atoms with Gasteiger partial charge in [-0.1, -0.05) is 12.5 Å². The Balaban J connectivity index is 1.47. The number of halogens is 1. The third-order valence-electron chi connectivity index (χ3n) is 5.33. The lowest BCUT2D eigenvalue weighted by molar-refractivity contribution is 0.0791. The highest BCUT2D eigenvalue weighted by molar-refractivity contribution is 7.89. The number of unbranched alkanes of at least 4 members (excludes halogenated alkanes) is 2. The summed E-state index contributed by atoms with van der Waals surface area (Å²) in [6, 6.07) is 12.5. The lowest BCUT2D eigenvalue weighted by Gasteiger charge is -2.18. The van der Waals surface area contributed by atoms with E-state index in [0.717, 1.165) is 42.6 Å². The molecule has 0 spiro atoms. The predicted molar refractivity (Wildman–Crippen MR) is 121 cm³/mol. The molecule has 1 aromatic heterocycles. The van der Waals surface area contributed by atoms with Gasteiger partial charge in [-0.3, -0.25) is 9.89 Å². The summed E-state index contributed by atoms with van der Waals surface area (Å²) in [6.45, 7) is 2.32. The van der Waals surface area contributed by atoms with E-state index >= 15 is 0 Å². The molecule has 2 aromatic carbocycles. The van der Waals surface area contributed by atoms with E-state index in [4.69, 9.17) is 5.14 Å². The molecule has 0 aliphatic heterocycles. The number of H-pyrrole nitrogens is 1. The quantitative estimate of drug-likeness (QED) is 0.477. The monoisotopic (exact) mass is 458 g/mol. The molecule has 3 N–H and O–H groups in total. The number of aromatic nitrogens is 2. The molecule has 0 bridgehead atoms. The van der Waals surface area contributed by atoms with Gasteiger partial charge in [-0.15, -0.1) is 0 Å². The number of aromatic amines is 1. The van der Waals surface area contributed by atoms with Gasteiger partial charge in [-0.2, -0.15) is 5.10 Å². The van der Waals surface area contributed by atoms with Gasteiger partial charge in [0.1, 0.15) is 5.82 Å². The van der Waals surface area contributed by atoms with Crippen LogP contribution in [-0.2, 0) is 16.4 Å². The SMILES string of the molecule is Cc1ccc(S(N)(=O)=O)cc1C(=O)N(C)CCCCCc1cc(-c2ccc(F)cc2)n[nH]1. The fourth-order valence-corrected chi connectivity index (χ4v) is 3.95. The van der Waals surface area contributed by atoms with E-state index in [2.05, 4.69) is 10.2 Å². The van der Waals surface area contributed by atoms with Crippen LogP contribution in [0, 0.1) is 12.7 Å². The number of rotatable bonds is 9. The number of benzene rings is 2. The van der Waals surface area contributed by atoms with Crippen molar-refractivity contribution in [2.45, 2.75) is 37.5 Å². The Kier molecular flexibility index (Phi) is 7.42. The second-order valence-electron chi connectivity index (χ2n) is 7.84. The number of nitrogens with two attached hydrogens (primary N) is 1. The van der Waals surface area contributed by atoms with E-state index in [1.165, 1.54) is 24.3 Å². The summed E-state index contributed by atoms with van der Waals surface area (Å²) in [5, 5.41) is 12.5. The van der Waals surface area contributed by atoms with E-state index in [-0.39, 0.29) is 16.6 Å². The Bertz CT molecular complexity index is 1190. The molecule has 7 nitrogen and oxygen atoms in total. The van der Waals surface area contributed by atoms with Crippen LogP contribution in [0.2, 0.25) is 0 Å². The molecule has 0 atom stereocenters. The number of primary sulfonamides is 1. The molecule has 3 rings (SSSR count). The molecule has 0 saturated heterocycles. The number of nitrogens with one attached hydrogen (secondary N) is 1. The fourth-order valence-electron chi connectivity index (χ4n) is 3.42. The third kappa shape index (κ3) is 6.02. The van der Waals surface area contributed by atoms with E-state index in [0.29, 0.717) is 17.7 Å². The average Bonchev–Trinajstić information content (AvgIpc) is 3.21. The van der Waals surface area contributed by atoms with Gasteiger partial charge in [0.05, 0.1) is 10.6 Å². The number of hydrogen-bond donors (Lipinski definition) is 2. The van der Waals surface area contributed by atoms with Crippen LogP contribution in [0.3, 0.4) is 0 Å². The van der Waals surface area contributed by atoms with Crippen LogP contribution >= 0.6 is 0 Å². The van der Waals surface area contributed by atoms with Crippen LogP contribution in [0.25, 0.3) is 11.3 Å². The smallest absolute Gasteiger partial charge is 0.253 e. The van der Waals surface area contributed by atoms with Crippen molar-refractivity contribution in [2.24, 2.45) is 5.14 Å². The number of amides is 1. The number of carbonyl (C=O) groups excluding carboxylic acids is 1. The van der Waals surface area contributed by atoms with Crippen molar-refractivity contribution in [2.75, 3.05) is 13.6 Å². The maximum Gasteiger partial charge on any atom is 0.253 e. The van der Waals surface area contributed by atoms with Crippen molar-refractivity contribution in [1.29, 1.82) is 0 Å². The molecule has 170 valence electrons. The Morgan fingerprint density at radius 3 is 2.50 bits per heavy atom. The molecular weight excluding hydrogens is 431 g/mol. The number of sulfonamides is 1. The maximum atomic E-state index is 13.1. The number of carbonyl (C=O) groups is 1. The molecule has 3 aromatic rings. The van der Waals surface area contributed by atoms with Gasteiger partial charge in [0.25, 0.3) is 5.91 Å². The van der Waals surface area contributed by atoms with Crippen LogP contribution < -0.4 is 5.14 Å². The minimum absolute atomic E-state index is 0.0700. The van der Waals surface area contributed by atoms with Crippen LogP contribution in [0.1, 0.15) is 40.9 Å². The van der Waals surface area contributed by atoms with Gasteiger partial charge in [0.15, 0.2) is 0 Å². The summed E-state index contributed by atoms with van der Waals surface area (Å²) in [4.78, 5) is 14.3. The van der Waals surface area contributed by atoms with Crippen LogP contribution in [0.4, 0.5) is 4.39 Å². The molecule has 1 amide bonds. The minimum Gasteiger partial charge on any atom is -0.342 e. The standard InChI is InChI=1S/C23H27FN4O3S/c1-16-7-12-20(32(25,30)31)15-21(16)23(29)28(2)13-5-3-4-6-19-14-22(27-26-19)17-8-10-18(24)11-9-17/h7-12,14-15H,3-6,13H2,1-2H3,(H,26,27)(H2,25,30,31). The third-order valence-corrected chi connectivity index (χ3v) is 6.24. The molecule has 32 heavy (non-hydrogen) atoms. The lowest BCUT2D eigenvalue weighted by atomic mass is 10.1. The van der Waals surface area contributed by atoms with E-state index in [1.54, 1.807) is 37.1 Å². The summed E-state index contributed by atoms with van der Waals surface area (Å²) in [7, 11) is -2.16. The van der Waals surface area contributed by atoms with Gasteiger partial charge in [0, 0.05) is 30.4 Å². The molecule has 0 fully saturated rings. The highest BCUT2D eigenvalue weighted by Crippen LogP contribution is 2.19. The van der Waals surface area contributed by atoms with Crippen LogP contribution in [0.5, 0.6) is 0 Å². The Morgan fingerprint density at radius 2 is 1.81 bits per heavy atom. The molecule has 0 aliphatic carbocycles. The maximum absolute atomic E-state index is 13.1. The van der Waals surface area contributed by atoms with Gasteiger partial charge in [-0.25, -0.2) is 17.9 Å². The van der Waals surface area contributed by atoms with E-state index in [1.807, 2.05) is 6.07 Å². The topological polar surface area (TPSA) is 109 Å². The van der Waals surface area contributed by atoms with Crippen molar-refractivity contribution in [3.63, 3.8) is 0 Å². The molecular formula is C23H27FN4O3S. The van der Waals surface area contributed by atoms with Gasteiger partial charge >= 0.3 is 0 Å². The largest absolute Gasteiger partial charge is 0.342 e. The zero-order valence-electron chi connectivity index (χ0n) is 18.1. The molecule has 0 aliphatic rings. The van der Waals surface area contributed by atoms with Crippen molar-refractivity contribution in [3.05, 3.63) is 71.2 Å². The van der Waals surface area contributed by atoms with E-state index < -0.39 is 10.0 Å². The Morgan fingerprint density at radius 1 is 1.09 bits per heavy atom. The highest BCUT2D eigenvalue weighted by atomic mass is 32.2. The van der Waals surface area contributed by atoms with E-state index in [9.17, 15) is 17.6 Å². The minimum atomic E-state index is -3.87. The second kappa shape index (κ2) is 10.1. The molecule has 0 saturated carbocycles. The molecule has 9 heteroatoms. The van der Waals surface area contributed by atoms with Crippen LogP contribution in [0.15, 0.2) is 53.4 Å². The van der Waals surface area contributed by atoms with Crippen molar-refractivity contribution in [3.8, 4) is 11.3 Å². The predicted octanol–water partition coefficient (Wildman–Crippen LogP) is 3.66. The second-order valence-corrected chi connectivity index (χ2v) is 9.41. The number of hydrogen-bond acceptors (Lipinski definition) is 4. The first-order chi connectivity index (χ1) is 15.1. The van der Waals surface area contributed by atoms with Crippen molar-refractivity contribution >= 4 is 15.9 Å². The summed E-state index contributed by atoms with van der Waals surface area (Å²) in [5.41, 5.74) is 3.68. The zero-order chi connectivity index (χ0) is 23.3. The van der Waals surface area contributed by atoms with Gasteiger partial charge in [0.2, 0.25) is 10.0 Å². The molecule has 0 unspecified atom stereocenters. The summed E-state index contributed by atoms with van der Waals surface area (Å²) >= 11 is 0. The average molecular weight is 459 g/mol. The highest BCUT2D eigenvalue weighted by Gasteiger charge is 2.17. The first kappa shape index (κ1) is 23.6. The first-order valence-electron chi connectivity index (χ1n) is 10.3. The van der Waals surface area contributed by atoms with Gasteiger partial charge in [-0.05, 0) is 74.2 Å². The summed E-state index contributed by atoms with van der Waals surface area (Å²) in [6.07, 6.45) is 3.47. The number of aryl methyl sites for hydroxylation is 2. The van der Waals surface area contributed by atoms with Crippen LogP contribution in [-0.4, -0.2) is 43.0 Å². The zero-order valence-corrected chi connectivity index (χ0v) is 19.0. The summed E-state index contributed by atoms with van der Waals surface area (Å²) in [5.74, 6) is -0.509. The molecule has 0 radical (unpaired) electrons. The normalized spacial score (nSPS) is 11.5. The first-order valence-corrected chi connectivity index (χ1v) is 11.9. The Labute approximate surface area is 187 Å². The Hall–Kier alpha value is -3.04.